The third kappa shape index (κ3) is 3.54. The highest BCUT2D eigenvalue weighted by Gasteiger charge is 2.25. The topological polar surface area (TPSA) is 45.7 Å². The van der Waals surface area contributed by atoms with E-state index in [4.69, 9.17) is 27.9 Å². The van der Waals surface area contributed by atoms with E-state index in [1.54, 1.807) is 19.2 Å². The Bertz CT molecular complexity index is 789. The quantitative estimate of drug-likeness (QED) is 0.752. The average molecular weight is 382 g/mol. The van der Waals surface area contributed by atoms with E-state index in [0.29, 0.717) is 27.7 Å². The van der Waals surface area contributed by atoms with Gasteiger partial charge in [-0.3, -0.25) is 4.98 Å². The minimum Gasteiger partial charge on any atom is -0.462 e. The number of hydrogen-bond donors (Lipinski definition) is 0. The van der Waals surface area contributed by atoms with Gasteiger partial charge in [-0.05, 0) is 25.6 Å². The molecule has 134 valence electrons. The number of likely N-dealkylation sites (N-methyl/N-ethyl adjacent to an activating group) is 1. The molecule has 7 heteroatoms. The molecule has 1 aromatic heterocycles. The summed E-state index contributed by atoms with van der Waals surface area (Å²) >= 11 is 12.5. The smallest absolute Gasteiger partial charge is 0.341 e. The molecule has 0 amide bonds. The van der Waals surface area contributed by atoms with Gasteiger partial charge in [-0.1, -0.05) is 30.1 Å². The SMILES string of the molecule is CCOC(=O)c1cnc2c(Cl)c(Cl)ccc2c1N1CCN(CC)CC1. The number of fused-ring (bicyclic) bond motifs is 1. The second kappa shape index (κ2) is 7.77. The Kier molecular flexibility index (Phi) is 5.67. The number of rotatable bonds is 4. The summed E-state index contributed by atoms with van der Waals surface area (Å²) in [7, 11) is 0. The molecule has 0 N–H and O–H groups in total. The van der Waals surface area contributed by atoms with Gasteiger partial charge in [0, 0.05) is 37.8 Å². The van der Waals surface area contributed by atoms with E-state index in [9.17, 15) is 4.79 Å². The zero-order valence-electron chi connectivity index (χ0n) is 14.4. The summed E-state index contributed by atoms with van der Waals surface area (Å²) in [5.74, 6) is -0.365. The number of ether oxygens (including phenoxy) is 1. The number of nitrogens with zero attached hydrogens (tertiary/aromatic N) is 3. The van der Waals surface area contributed by atoms with E-state index in [1.165, 1.54) is 0 Å². The summed E-state index contributed by atoms with van der Waals surface area (Å²) in [4.78, 5) is 21.4. The number of pyridine rings is 1. The van der Waals surface area contributed by atoms with Crippen LogP contribution in [0.3, 0.4) is 0 Å². The van der Waals surface area contributed by atoms with Crippen LogP contribution in [-0.2, 0) is 4.74 Å². The van der Waals surface area contributed by atoms with E-state index in [1.807, 2.05) is 6.07 Å². The third-order valence-electron chi connectivity index (χ3n) is 4.53. The highest BCUT2D eigenvalue weighted by Crippen LogP contribution is 2.37. The van der Waals surface area contributed by atoms with Crippen LogP contribution >= 0.6 is 23.2 Å². The summed E-state index contributed by atoms with van der Waals surface area (Å²) in [6.45, 7) is 8.86. The molecule has 2 aromatic rings. The second-order valence-corrected chi connectivity index (χ2v) is 6.70. The molecule has 0 unspecified atom stereocenters. The second-order valence-electron chi connectivity index (χ2n) is 5.92. The lowest BCUT2D eigenvalue weighted by atomic mass is 10.1. The van der Waals surface area contributed by atoms with Crippen molar-refractivity contribution in [2.45, 2.75) is 13.8 Å². The molecule has 2 heterocycles. The summed E-state index contributed by atoms with van der Waals surface area (Å²) < 4.78 is 5.23. The Hall–Kier alpha value is -1.56. The number of carbonyl (C=O) groups excluding carboxylic acids is 1. The first-order chi connectivity index (χ1) is 12.1. The molecule has 1 fully saturated rings. The fraction of sp³-hybridized carbons (Fsp3) is 0.444. The van der Waals surface area contributed by atoms with Crippen molar-refractivity contribution in [3.05, 3.63) is 33.9 Å². The van der Waals surface area contributed by atoms with Crippen molar-refractivity contribution in [2.24, 2.45) is 0 Å². The molecule has 0 saturated carbocycles. The first kappa shape index (κ1) is 18.2. The number of aromatic nitrogens is 1. The molecule has 5 nitrogen and oxygen atoms in total. The number of benzene rings is 1. The first-order valence-electron chi connectivity index (χ1n) is 8.48. The Morgan fingerprint density at radius 3 is 2.56 bits per heavy atom. The maximum absolute atomic E-state index is 12.5. The molecule has 0 aliphatic carbocycles. The van der Waals surface area contributed by atoms with Crippen LogP contribution in [0.2, 0.25) is 10.0 Å². The molecule has 0 spiro atoms. The fourth-order valence-corrected chi connectivity index (χ4v) is 3.55. The normalized spacial score (nSPS) is 15.6. The van der Waals surface area contributed by atoms with Gasteiger partial charge in [0.2, 0.25) is 0 Å². The summed E-state index contributed by atoms with van der Waals surface area (Å²) in [5.41, 5.74) is 1.91. The van der Waals surface area contributed by atoms with Gasteiger partial charge in [-0.2, -0.15) is 0 Å². The number of piperazine rings is 1. The fourth-order valence-electron chi connectivity index (χ4n) is 3.18. The van der Waals surface area contributed by atoms with Crippen molar-refractivity contribution in [3.8, 4) is 0 Å². The van der Waals surface area contributed by atoms with Crippen LogP contribution in [0.4, 0.5) is 5.69 Å². The molecular weight excluding hydrogens is 361 g/mol. The van der Waals surface area contributed by atoms with Crippen LogP contribution in [0.1, 0.15) is 24.2 Å². The van der Waals surface area contributed by atoms with Crippen molar-refractivity contribution in [3.63, 3.8) is 0 Å². The predicted molar refractivity (Wildman–Crippen MR) is 102 cm³/mol. The highest BCUT2D eigenvalue weighted by atomic mass is 35.5. The van der Waals surface area contributed by atoms with Gasteiger partial charge in [0.25, 0.3) is 0 Å². The van der Waals surface area contributed by atoms with E-state index in [2.05, 4.69) is 21.7 Å². The standard InChI is InChI=1S/C18H21Cl2N3O2/c1-3-22-7-9-23(10-8-22)17-12-5-6-14(19)15(20)16(12)21-11-13(17)18(24)25-4-2/h5-6,11H,3-4,7-10H2,1-2H3. The summed E-state index contributed by atoms with van der Waals surface area (Å²) in [5, 5.41) is 1.68. The molecule has 1 aromatic carbocycles. The molecule has 1 aliphatic rings. The summed E-state index contributed by atoms with van der Waals surface area (Å²) in [6, 6.07) is 3.62. The molecule has 1 aliphatic heterocycles. The van der Waals surface area contributed by atoms with Crippen LogP contribution in [0.5, 0.6) is 0 Å². The van der Waals surface area contributed by atoms with Gasteiger partial charge in [-0.25, -0.2) is 4.79 Å². The van der Waals surface area contributed by atoms with Crippen molar-refractivity contribution in [1.29, 1.82) is 0 Å². The first-order valence-corrected chi connectivity index (χ1v) is 9.23. The minimum atomic E-state index is -0.365. The maximum atomic E-state index is 12.5. The van der Waals surface area contributed by atoms with Crippen LogP contribution in [0.25, 0.3) is 10.9 Å². The predicted octanol–water partition coefficient (Wildman–Crippen LogP) is 3.86. The van der Waals surface area contributed by atoms with Gasteiger partial charge in [0.05, 0.1) is 27.9 Å². The van der Waals surface area contributed by atoms with E-state index < -0.39 is 0 Å². The number of esters is 1. The van der Waals surface area contributed by atoms with E-state index >= 15 is 0 Å². The van der Waals surface area contributed by atoms with Gasteiger partial charge in [-0.15, -0.1) is 0 Å². The van der Waals surface area contributed by atoms with Crippen LogP contribution in [-0.4, -0.2) is 55.2 Å². The minimum absolute atomic E-state index is 0.321. The van der Waals surface area contributed by atoms with Crippen molar-refractivity contribution in [1.82, 2.24) is 9.88 Å². The lowest BCUT2D eigenvalue weighted by Crippen LogP contribution is -2.46. The molecule has 0 bridgehead atoms. The Morgan fingerprint density at radius 2 is 1.92 bits per heavy atom. The van der Waals surface area contributed by atoms with E-state index in [0.717, 1.165) is 43.8 Å². The zero-order chi connectivity index (χ0) is 18.0. The lowest BCUT2D eigenvalue weighted by Gasteiger charge is -2.36. The van der Waals surface area contributed by atoms with Crippen LogP contribution < -0.4 is 4.90 Å². The molecule has 25 heavy (non-hydrogen) atoms. The number of carbonyl (C=O) groups is 1. The number of anilines is 1. The molecule has 0 atom stereocenters. The number of halogens is 2. The Labute approximate surface area is 157 Å². The molecular formula is C18H21Cl2N3O2. The van der Waals surface area contributed by atoms with Crippen molar-refractivity contribution < 1.29 is 9.53 Å². The largest absolute Gasteiger partial charge is 0.462 e. The maximum Gasteiger partial charge on any atom is 0.341 e. The molecule has 1 saturated heterocycles. The van der Waals surface area contributed by atoms with Gasteiger partial charge >= 0.3 is 5.97 Å². The average Bonchev–Trinajstić information content (AvgIpc) is 2.64. The zero-order valence-corrected chi connectivity index (χ0v) is 15.9. The Morgan fingerprint density at radius 1 is 1.20 bits per heavy atom. The highest BCUT2D eigenvalue weighted by molar-refractivity contribution is 6.45. The summed E-state index contributed by atoms with van der Waals surface area (Å²) in [6.07, 6.45) is 1.55. The van der Waals surface area contributed by atoms with Gasteiger partial charge in [0.1, 0.15) is 5.56 Å². The van der Waals surface area contributed by atoms with Gasteiger partial charge < -0.3 is 14.5 Å². The molecule has 0 radical (unpaired) electrons. The Balaban J connectivity index is 2.12. The van der Waals surface area contributed by atoms with Crippen LogP contribution in [0.15, 0.2) is 18.3 Å². The van der Waals surface area contributed by atoms with Crippen LogP contribution in [0, 0.1) is 0 Å². The number of hydrogen-bond acceptors (Lipinski definition) is 5. The van der Waals surface area contributed by atoms with Gasteiger partial charge in [0.15, 0.2) is 0 Å². The van der Waals surface area contributed by atoms with E-state index in [-0.39, 0.29) is 5.97 Å². The van der Waals surface area contributed by atoms with Crippen molar-refractivity contribution >= 4 is 45.8 Å². The van der Waals surface area contributed by atoms with Crippen molar-refractivity contribution in [2.75, 3.05) is 44.2 Å². The lowest BCUT2D eigenvalue weighted by molar-refractivity contribution is 0.0526. The monoisotopic (exact) mass is 381 g/mol. The molecule has 3 rings (SSSR count). The third-order valence-corrected chi connectivity index (χ3v) is 5.33.